The standard InChI is InChI=1S/C28H32N2O8/c1-34-21-15-18(16-22(35-2)27(21)36-3)24-23(25(31)17-6-7-19-20(14-17)38-13-12-37-19)26(32)28(33)30(24)11-10-29-8-4-5-9-29/h6-7,14-16,24,31H,4-5,8-13H2,1-3H3/b25-23+. The first kappa shape index (κ1) is 25.7. The maximum absolute atomic E-state index is 13.5. The lowest BCUT2D eigenvalue weighted by atomic mass is 9.94. The van der Waals surface area contributed by atoms with Crippen LogP contribution in [0.5, 0.6) is 28.7 Å². The Morgan fingerprint density at radius 1 is 0.921 bits per heavy atom. The molecule has 1 unspecified atom stereocenters. The summed E-state index contributed by atoms with van der Waals surface area (Å²) in [5.74, 6) is 0.465. The molecule has 2 saturated heterocycles. The molecule has 2 fully saturated rings. The van der Waals surface area contributed by atoms with Crippen LogP contribution in [0.3, 0.4) is 0 Å². The summed E-state index contributed by atoms with van der Waals surface area (Å²) in [5, 5.41) is 11.5. The van der Waals surface area contributed by atoms with Gasteiger partial charge < -0.3 is 38.6 Å². The molecule has 1 N–H and O–H groups in total. The Bertz CT molecular complexity index is 1240. The summed E-state index contributed by atoms with van der Waals surface area (Å²) in [6.07, 6.45) is 2.22. The van der Waals surface area contributed by atoms with Crippen molar-refractivity contribution in [2.75, 3.05) is 60.7 Å². The number of ketones is 1. The van der Waals surface area contributed by atoms with Gasteiger partial charge in [-0.1, -0.05) is 0 Å². The predicted molar refractivity (Wildman–Crippen MR) is 138 cm³/mol. The summed E-state index contributed by atoms with van der Waals surface area (Å²) in [5.41, 5.74) is 0.894. The summed E-state index contributed by atoms with van der Waals surface area (Å²) in [6.45, 7) is 3.67. The Morgan fingerprint density at radius 2 is 1.58 bits per heavy atom. The molecule has 2 aromatic carbocycles. The Morgan fingerprint density at radius 3 is 2.21 bits per heavy atom. The topological polar surface area (TPSA) is 107 Å². The quantitative estimate of drug-likeness (QED) is 0.317. The smallest absolute Gasteiger partial charge is 0.295 e. The molecule has 1 atom stereocenters. The third-order valence-electron chi connectivity index (χ3n) is 7.21. The van der Waals surface area contributed by atoms with Gasteiger partial charge in [-0.05, 0) is 61.8 Å². The number of likely N-dealkylation sites (tertiary alicyclic amines) is 2. The van der Waals surface area contributed by atoms with Gasteiger partial charge in [-0.15, -0.1) is 0 Å². The van der Waals surface area contributed by atoms with Crippen LogP contribution in [-0.2, 0) is 9.59 Å². The molecule has 10 heteroatoms. The summed E-state index contributed by atoms with van der Waals surface area (Å²) >= 11 is 0. The van der Waals surface area contributed by atoms with Gasteiger partial charge in [0.05, 0.1) is 32.9 Å². The van der Waals surface area contributed by atoms with Crippen LogP contribution in [0, 0.1) is 0 Å². The Balaban J connectivity index is 1.63. The molecule has 38 heavy (non-hydrogen) atoms. The predicted octanol–water partition coefficient (Wildman–Crippen LogP) is 3.00. The number of rotatable bonds is 8. The fourth-order valence-corrected chi connectivity index (χ4v) is 5.32. The summed E-state index contributed by atoms with van der Waals surface area (Å²) < 4.78 is 27.8. The zero-order valence-electron chi connectivity index (χ0n) is 21.8. The first-order valence-electron chi connectivity index (χ1n) is 12.7. The maximum atomic E-state index is 13.5. The maximum Gasteiger partial charge on any atom is 0.295 e. The molecule has 10 nitrogen and oxygen atoms in total. The van der Waals surface area contributed by atoms with Crippen LogP contribution in [0.15, 0.2) is 35.9 Å². The second-order valence-electron chi connectivity index (χ2n) is 9.36. The number of aliphatic hydroxyl groups is 1. The number of aliphatic hydroxyl groups excluding tert-OH is 1. The number of hydrogen-bond acceptors (Lipinski definition) is 9. The van der Waals surface area contributed by atoms with Crippen LogP contribution in [-0.4, -0.2) is 87.3 Å². The molecule has 1 amide bonds. The van der Waals surface area contributed by atoms with Crippen molar-refractivity contribution in [2.24, 2.45) is 0 Å². The molecule has 3 heterocycles. The van der Waals surface area contributed by atoms with Crippen molar-refractivity contribution in [3.63, 3.8) is 0 Å². The lowest BCUT2D eigenvalue weighted by molar-refractivity contribution is -0.140. The highest BCUT2D eigenvalue weighted by Gasteiger charge is 2.46. The number of ether oxygens (including phenoxy) is 5. The minimum absolute atomic E-state index is 0.0117. The van der Waals surface area contributed by atoms with Gasteiger partial charge in [-0.25, -0.2) is 0 Å². The van der Waals surface area contributed by atoms with E-state index in [1.807, 2.05) is 0 Å². The molecule has 3 aliphatic rings. The number of nitrogens with zero attached hydrogens (tertiary/aromatic N) is 2. The first-order valence-corrected chi connectivity index (χ1v) is 12.7. The van der Waals surface area contributed by atoms with Crippen molar-refractivity contribution in [2.45, 2.75) is 18.9 Å². The van der Waals surface area contributed by atoms with Gasteiger partial charge in [0, 0.05) is 18.7 Å². The molecule has 202 valence electrons. The van der Waals surface area contributed by atoms with Gasteiger partial charge >= 0.3 is 0 Å². The molecule has 0 bridgehead atoms. The van der Waals surface area contributed by atoms with Crippen LogP contribution in [0.1, 0.15) is 30.0 Å². The molecule has 0 aromatic heterocycles. The van der Waals surface area contributed by atoms with E-state index in [1.165, 1.54) is 26.2 Å². The van der Waals surface area contributed by atoms with Gasteiger partial charge in [-0.3, -0.25) is 9.59 Å². The molecular weight excluding hydrogens is 492 g/mol. The zero-order chi connectivity index (χ0) is 26.8. The van der Waals surface area contributed by atoms with Crippen LogP contribution < -0.4 is 23.7 Å². The molecule has 0 saturated carbocycles. The van der Waals surface area contributed by atoms with Gasteiger partial charge in [0.25, 0.3) is 11.7 Å². The van der Waals surface area contributed by atoms with E-state index in [-0.39, 0.29) is 11.3 Å². The van der Waals surface area contributed by atoms with Crippen molar-refractivity contribution in [3.05, 3.63) is 47.0 Å². The Kier molecular flexibility index (Phi) is 7.33. The second kappa shape index (κ2) is 10.8. The number of Topliss-reactive ketones (excluding diaryl/α,β-unsaturated/α-hetero) is 1. The van der Waals surface area contributed by atoms with Crippen molar-refractivity contribution in [3.8, 4) is 28.7 Å². The van der Waals surface area contributed by atoms with Crippen LogP contribution >= 0.6 is 0 Å². The van der Waals surface area contributed by atoms with Crippen LogP contribution in [0.25, 0.3) is 5.76 Å². The second-order valence-corrected chi connectivity index (χ2v) is 9.36. The van der Waals surface area contributed by atoms with Crippen LogP contribution in [0.4, 0.5) is 0 Å². The van der Waals surface area contributed by atoms with E-state index in [1.54, 1.807) is 30.3 Å². The Hall–Kier alpha value is -3.92. The van der Waals surface area contributed by atoms with E-state index < -0.39 is 17.7 Å². The van der Waals surface area contributed by atoms with Crippen molar-refractivity contribution >= 4 is 17.4 Å². The van der Waals surface area contributed by atoms with Crippen molar-refractivity contribution in [1.29, 1.82) is 0 Å². The van der Waals surface area contributed by atoms with Gasteiger partial charge in [-0.2, -0.15) is 0 Å². The third kappa shape index (κ3) is 4.60. The zero-order valence-corrected chi connectivity index (χ0v) is 21.8. The molecule has 2 aromatic rings. The minimum atomic E-state index is -0.862. The van der Waals surface area contributed by atoms with E-state index >= 15 is 0 Å². The molecule has 3 aliphatic heterocycles. The lowest BCUT2D eigenvalue weighted by Crippen LogP contribution is -2.37. The average Bonchev–Trinajstić information content (AvgIpc) is 3.56. The van der Waals surface area contributed by atoms with E-state index in [0.717, 1.165) is 25.9 Å². The summed E-state index contributed by atoms with van der Waals surface area (Å²) in [4.78, 5) is 30.6. The van der Waals surface area contributed by atoms with E-state index in [9.17, 15) is 14.7 Å². The molecule has 0 aliphatic carbocycles. The number of methoxy groups -OCH3 is 3. The molecule has 0 radical (unpaired) electrons. The molecular formula is C28H32N2O8. The van der Waals surface area contributed by atoms with E-state index in [0.29, 0.717) is 66.2 Å². The minimum Gasteiger partial charge on any atom is -0.507 e. The number of fused-ring (bicyclic) bond motifs is 1. The third-order valence-corrected chi connectivity index (χ3v) is 7.21. The SMILES string of the molecule is COc1cc(C2/C(=C(\O)c3ccc4c(c3)OCCO4)C(=O)C(=O)N2CCN2CCCC2)cc(OC)c1OC. The monoisotopic (exact) mass is 524 g/mol. The van der Waals surface area contributed by atoms with Gasteiger partial charge in [0.2, 0.25) is 5.75 Å². The lowest BCUT2D eigenvalue weighted by Gasteiger charge is -2.28. The highest BCUT2D eigenvalue weighted by Crippen LogP contribution is 2.46. The van der Waals surface area contributed by atoms with E-state index in [2.05, 4.69) is 4.90 Å². The van der Waals surface area contributed by atoms with Crippen molar-refractivity contribution in [1.82, 2.24) is 9.80 Å². The molecule has 0 spiro atoms. The normalized spacial score (nSPS) is 20.6. The van der Waals surface area contributed by atoms with Gasteiger partial charge in [0.1, 0.15) is 19.0 Å². The largest absolute Gasteiger partial charge is 0.507 e. The number of benzene rings is 2. The fourth-order valence-electron chi connectivity index (χ4n) is 5.32. The number of carbonyl (C=O) groups is 2. The van der Waals surface area contributed by atoms with Crippen molar-refractivity contribution < 1.29 is 38.4 Å². The van der Waals surface area contributed by atoms with E-state index in [4.69, 9.17) is 23.7 Å². The number of carbonyl (C=O) groups excluding carboxylic acids is 2. The average molecular weight is 525 g/mol. The van der Waals surface area contributed by atoms with Crippen LogP contribution in [0.2, 0.25) is 0 Å². The fraction of sp³-hybridized carbons (Fsp3) is 0.429. The number of hydrogen-bond donors (Lipinski definition) is 1. The highest BCUT2D eigenvalue weighted by molar-refractivity contribution is 6.46. The highest BCUT2D eigenvalue weighted by atomic mass is 16.6. The summed E-state index contributed by atoms with van der Waals surface area (Å²) in [7, 11) is 4.51. The van der Waals surface area contributed by atoms with Gasteiger partial charge in [0.15, 0.2) is 23.0 Å². The Labute approximate surface area is 221 Å². The number of amides is 1. The molecule has 5 rings (SSSR count). The first-order chi connectivity index (χ1) is 18.5. The summed E-state index contributed by atoms with van der Waals surface area (Å²) in [6, 6.07) is 7.50.